The summed E-state index contributed by atoms with van der Waals surface area (Å²) >= 11 is 0. The van der Waals surface area contributed by atoms with Crippen LogP contribution in [0.5, 0.6) is 0 Å². The van der Waals surface area contributed by atoms with Crippen LogP contribution in [0.3, 0.4) is 0 Å². The molecule has 0 aliphatic carbocycles. The summed E-state index contributed by atoms with van der Waals surface area (Å²) in [6, 6.07) is 12.3. The Morgan fingerprint density at radius 3 is 2.39 bits per heavy atom. The molecule has 0 spiro atoms. The van der Waals surface area contributed by atoms with Crippen LogP contribution in [0.4, 0.5) is 10.1 Å². The summed E-state index contributed by atoms with van der Waals surface area (Å²) in [6.45, 7) is 2.30. The number of amides is 3. The Morgan fingerprint density at radius 2 is 1.79 bits per heavy atom. The molecule has 1 fully saturated rings. The molecule has 1 aliphatic rings. The Labute approximate surface area is 162 Å². The zero-order valence-electron chi connectivity index (χ0n) is 15.6. The number of nitrogens with one attached hydrogen (secondary N) is 2. The Kier molecular flexibility index (Phi) is 6.03. The highest BCUT2D eigenvalue weighted by Crippen LogP contribution is 2.21. The number of carbonyl (C=O) groups is 3. The van der Waals surface area contributed by atoms with Gasteiger partial charge in [0.05, 0.1) is 12.6 Å². The molecule has 1 aliphatic heterocycles. The van der Waals surface area contributed by atoms with Gasteiger partial charge in [-0.05, 0) is 55.3 Å². The first-order valence-electron chi connectivity index (χ1n) is 9.17. The van der Waals surface area contributed by atoms with Gasteiger partial charge in [0.2, 0.25) is 11.8 Å². The highest BCUT2D eigenvalue weighted by atomic mass is 19.1. The summed E-state index contributed by atoms with van der Waals surface area (Å²) in [5, 5.41) is 5.32. The molecular weight excluding hydrogens is 361 g/mol. The van der Waals surface area contributed by atoms with Crippen LogP contribution >= 0.6 is 0 Å². The van der Waals surface area contributed by atoms with E-state index in [0.717, 1.165) is 17.7 Å². The van der Waals surface area contributed by atoms with Gasteiger partial charge in [0, 0.05) is 24.2 Å². The van der Waals surface area contributed by atoms with Crippen molar-refractivity contribution in [2.24, 2.45) is 0 Å². The first kappa shape index (κ1) is 19.5. The molecule has 1 atom stereocenters. The van der Waals surface area contributed by atoms with E-state index >= 15 is 0 Å². The smallest absolute Gasteiger partial charge is 0.251 e. The van der Waals surface area contributed by atoms with Gasteiger partial charge in [0.25, 0.3) is 5.91 Å². The van der Waals surface area contributed by atoms with Gasteiger partial charge in [-0.25, -0.2) is 4.39 Å². The molecule has 0 radical (unpaired) electrons. The van der Waals surface area contributed by atoms with Crippen LogP contribution in [-0.2, 0) is 9.59 Å². The third-order valence-electron chi connectivity index (χ3n) is 4.67. The first-order valence-corrected chi connectivity index (χ1v) is 9.17. The number of anilines is 1. The number of halogens is 1. The standard InChI is InChI=1S/C21H22FN3O3/c1-14(15-4-8-17(22)9-5-15)24-19(26)13-23-21(28)16-6-10-18(11-7-16)25-12-2-3-20(25)27/h4-11,14H,2-3,12-13H2,1H3,(H,23,28)(H,24,26)/t14-/m1/s1. The summed E-state index contributed by atoms with van der Waals surface area (Å²) in [7, 11) is 0. The third-order valence-corrected chi connectivity index (χ3v) is 4.67. The predicted molar refractivity (Wildman–Crippen MR) is 103 cm³/mol. The van der Waals surface area contributed by atoms with E-state index in [1.807, 2.05) is 0 Å². The average Bonchev–Trinajstić information content (AvgIpc) is 3.12. The van der Waals surface area contributed by atoms with Gasteiger partial charge in [-0.1, -0.05) is 12.1 Å². The van der Waals surface area contributed by atoms with Gasteiger partial charge >= 0.3 is 0 Å². The maximum absolute atomic E-state index is 13.0. The van der Waals surface area contributed by atoms with Gasteiger partial charge in [-0.15, -0.1) is 0 Å². The fraction of sp³-hybridized carbons (Fsp3) is 0.286. The maximum atomic E-state index is 13.0. The average molecular weight is 383 g/mol. The summed E-state index contributed by atoms with van der Waals surface area (Å²) in [6.07, 6.45) is 1.39. The van der Waals surface area contributed by atoms with Crippen LogP contribution in [-0.4, -0.2) is 30.8 Å². The SMILES string of the molecule is C[C@@H](NC(=O)CNC(=O)c1ccc(N2CCCC2=O)cc1)c1ccc(F)cc1. The number of hydrogen-bond donors (Lipinski definition) is 2. The van der Waals surface area contributed by atoms with E-state index in [4.69, 9.17) is 0 Å². The minimum atomic E-state index is -0.371. The molecule has 1 saturated heterocycles. The number of carbonyl (C=O) groups excluding carboxylic acids is 3. The molecule has 28 heavy (non-hydrogen) atoms. The molecule has 2 aromatic rings. The molecule has 7 heteroatoms. The van der Waals surface area contributed by atoms with Crippen LogP contribution < -0.4 is 15.5 Å². The summed E-state index contributed by atoms with van der Waals surface area (Å²) in [5.74, 6) is -0.966. The molecule has 0 saturated carbocycles. The molecule has 3 amide bonds. The normalized spacial score (nSPS) is 14.6. The molecule has 2 aromatic carbocycles. The van der Waals surface area contributed by atoms with Crippen molar-refractivity contribution in [3.05, 3.63) is 65.5 Å². The molecule has 0 bridgehead atoms. The van der Waals surface area contributed by atoms with Crippen molar-refractivity contribution >= 4 is 23.4 Å². The van der Waals surface area contributed by atoms with Crippen LogP contribution in [0.2, 0.25) is 0 Å². The second-order valence-electron chi connectivity index (χ2n) is 6.72. The number of hydrogen-bond acceptors (Lipinski definition) is 3. The summed E-state index contributed by atoms with van der Waals surface area (Å²) in [4.78, 5) is 37.7. The molecule has 0 unspecified atom stereocenters. The van der Waals surface area contributed by atoms with Gasteiger partial charge in [0.1, 0.15) is 5.82 Å². The zero-order chi connectivity index (χ0) is 20.1. The quantitative estimate of drug-likeness (QED) is 0.805. The predicted octanol–water partition coefficient (Wildman–Crippen LogP) is 2.56. The van der Waals surface area contributed by atoms with Gasteiger partial charge in [-0.2, -0.15) is 0 Å². The van der Waals surface area contributed by atoms with Gasteiger partial charge < -0.3 is 15.5 Å². The lowest BCUT2D eigenvalue weighted by Gasteiger charge is -2.16. The molecular formula is C21H22FN3O3. The molecule has 0 aromatic heterocycles. The minimum absolute atomic E-state index is 0.0872. The van der Waals surface area contributed by atoms with Crippen molar-refractivity contribution in [2.45, 2.75) is 25.8 Å². The Balaban J connectivity index is 1.49. The van der Waals surface area contributed by atoms with Crippen molar-refractivity contribution in [2.75, 3.05) is 18.0 Å². The van der Waals surface area contributed by atoms with Gasteiger partial charge in [-0.3, -0.25) is 14.4 Å². The first-order chi connectivity index (χ1) is 13.4. The van der Waals surface area contributed by atoms with Crippen molar-refractivity contribution in [3.8, 4) is 0 Å². The van der Waals surface area contributed by atoms with E-state index in [-0.39, 0.29) is 36.1 Å². The highest BCUT2D eigenvalue weighted by molar-refractivity contribution is 5.98. The molecule has 146 valence electrons. The Hall–Kier alpha value is -3.22. The van der Waals surface area contributed by atoms with Crippen LogP contribution in [0.25, 0.3) is 0 Å². The maximum Gasteiger partial charge on any atom is 0.251 e. The second-order valence-corrected chi connectivity index (χ2v) is 6.72. The molecule has 1 heterocycles. The molecule has 3 rings (SSSR count). The van der Waals surface area contributed by atoms with Gasteiger partial charge in [0.15, 0.2) is 0 Å². The van der Waals surface area contributed by atoms with Crippen molar-refractivity contribution in [1.29, 1.82) is 0 Å². The van der Waals surface area contributed by atoms with Crippen LogP contribution in [0.15, 0.2) is 48.5 Å². The lowest BCUT2D eigenvalue weighted by atomic mass is 10.1. The second kappa shape index (κ2) is 8.65. The van der Waals surface area contributed by atoms with Crippen molar-refractivity contribution in [3.63, 3.8) is 0 Å². The number of rotatable bonds is 6. The highest BCUT2D eigenvalue weighted by Gasteiger charge is 2.21. The Bertz CT molecular complexity index is 865. The third kappa shape index (κ3) is 4.73. The number of nitrogens with zero attached hydrogens (tertiary/aromatic N) is 1. The largest absolute Gasteiger partial charge is 0.348 e. The van der Waals surface area contributed by atoms with E-state index in [1.165, 1.54) is 12.1 Å². The van der Waals surface area contributed by atoms with E-state index in [1.54, 1.807) is 48.2 Å². The monoisotopic (exact) mass is 383 g/mol. The van der Waals surface area contributed by atoms with E-state index in [0.29, 0.717) is 18.5 Å². The lowest BCUT2D eigenvalue weighted by molar-refractivity contribution is -0.120. The summed E-state index contributed by atoms with van der Waals surface area (Å²) in [5.41, 5.74) is 1.95. The van der Waals surface area contributed by atoms with E-state index in [2.05, 4.69) is 10.6 Å². The fourth-order valence-electron chi connectivity index (χ4n) is 3.10. The minimum Gasteiger partial charge on any atom is -0.348 e. The fourth-order valence-corrected chi connectivity index (χ4v) is 3.10. The molecule has 6 nitrogen and oxygen atoms in total. The van der Waals surface area contributed by atoms with Crippen LogP contribution in [0.1, 0.15) is 41.7 Å². The van der Waals surface area contributed by atoms with Crippen molar-refractivity contribution < 1.29 is 18.8 Å². The lowest BCUT2D eigenvalue weighted by Crippen LogP contribution is -2.38. The summed E-state index contributed by atoms with van der Waals surface area (Å²) < 4.78 is 13.0. The van der Waals surface area contributed by atoms with E-state index in [9.17, 15) is 18.8 Å². The van der Waals surface area contributed by atoms with Crippen molar-refractivity contribution in [1.82, 2.24) is 10.6 Å². The van der Waals surface area contributed by atoms with E-state index < -0.39 is 0 Å². The zero-order valence-corrected chi connectivity index (χ0v) is 15.6. The Morgan fingerprint density at radius 1 is 1.11 bits per heavy atom. The molecule has 2 N–H and O–H groups in total. The van der Waals surface area contributed by atoms with Crippen LogP contribution in [0, 0.1) is 5.82 Å². The number of benzene rings is 2. The topological polar surface area (TPSA) is 78.5 Å².